The Kier molecular flexibility index (Phi) is 2.57. The Labute approximate surface area is 105 Å². The van der Waals surface area contributed by atoms with Crippen LogP contribution in [0, 0.1) is 0 Å². The lowest BCUT2D eigenvalue weighted by Crippen LogP contribution is -2.49. The zero-order valence-corrected chi connectivity index (χ0v) is 10.9. The molecule has 1 aliphatic carbocycles. The van der Waals surface area contributed by atoms with Crippen LogP contribution in [0.2, 0.25) is 0 Å². The van der Waals surface area contributed by atoms with Crippen molar-refractivity contribution in [2.75, 3.05) is 13.1 Å². The molecule has 86 valence electrons. The van der Waals surface area contributed by atoms with Crippen LogP contribution in [-0.2, 0) is 0 Å². The van der Waals surface area contributed by atoms with Gasteiger partial charge in [-0.15, -0.1) is 0 Å². The topological polar surface area (TPSA) is 29.3 Å². The normalized spacial score (nSPS) is 24.9. The maximum atomic E-state index is 6.44. The van der Waals surface area contributed by atoms with E-state index in [9.17, 15) is 0 Å². The SMILES string of the molecule is NC1(C(c2ccccc2Br)N2CCC2)CC1. The first kappa shape index (κ1) is 10.8. The van der Waals surface area contributed by atoms with Crippen LogP contribution in [-0.4, -0.2) is 23.5 Å². The maximum Gasteiger partial charge on any atom is 0.0539 e. The quantitative estimate of drug-likeness (QED) is 0.923. The Bertz CT molecular complexity index is 397. The Balaban J connectivity index is 1.96. The van der Waals surface area contributed by atoms with Gasteiger partial charge in [-0.2, -0.15) is 0 Å². The Morgan fingerprint density at radius 3 is 2.44 bits per heavy atom. The molecule has 2 N–H and O–H groups in total. The lowest BCUT2D eigenvalue weighted by molar-refractivity contribution is 0.0927. The minimum atomic E-state index is 0.0320. The zero-order chi connectivity index (χ0) is 11.2. The summed E-state index contributed by atoms with van der Waals surface area (Å²) in [6, 6.07) is 8.92. The van der Waals surface area contributed by atoms with Crippen LogP contribution in [0.4, 0.5) is 0 Å². The van der Waals surface area contributed by atoms with E-state index < -0.39 is 0 Å². The summed E-state index contributed by atoms with van der Waals surface area (Å²) in [7, 11) is 0. The molecule has 1 aromatic rings. The average molecular weight is 281 g/mol. The van der Waals surface area contributed by atoms with Crippen LogP contribution in [0.15, 0.2) is 28.7 Å². The van der Waals surface area contributed by atoms with Crippen molar-refractivity contribution in [2.45, 2.75) is 30.8 Å². The molecule has 1 aromatic carbocycles. The van der Waals surface area contributed by atoms with Crippen molar-refractivity contribution in [1.29, 1.82) is 0 Å². The summed E-state index contributed by atoms with van der Waals surface area (Å²) in [5.41, 5.74) is 7.83. The smallest absolute Gasteiger partial charge is 0.0539 e. The molecule has 1 aliphatic heterocycles. The van der Waals surface area contributed by atoms with E-state index in [0.29, 0.717) is 6.04 Å². The van der Waals surface area contributed by atoms with Crippen LogP contribution in [0.1, 0.15) is 30.9 Å². The van der Waals surface area contributed by atoms with Crippen molar-refractivity contribution in [3.63, 3.8) is 0 Å². The van der Waals surface area contributed by atoms with Gasteiger partial charge in [-0.3, -0.25) is 4.90 Å². The molecule has 1 atom stereocenters. The molecule has 1 unspecified atom stereocenters. The highest BCUT2D eigenvalue weighted by atomic mass is 79.9. The molecule has 0 bridgehead atoms. The van der Waals surface area contributed by atoms with E-state index in [2.05, 4.69) is 45.1 Å². The molecule has 1 saturated carbocycles. The fourth-order valence-electron chi connectivity index (χ4n) is 2.58. The minimum Gasteiger partial charge on any atom is -0.323 e. The molecular formula is C13H17BrN2. The fourth-order valence-corrected chi connectivity index (χ4v) is 3.09. The third-order valence-electron chi connectivity index (χ3n) is 3.83. The van der Waals surface area contributed by atoms with Crippen LogP contribution >= 0.6 is 15.9 Å². The van der Waals surface area contributed by atoms with Crippen molar-refractivity contribution >= 4 is 15.9 Å². The van der Waals surface area contributed by atoms with E-state index in [4.69, 9.17) is 5.73 Å². The van der Waals surface area contributed by atoms with Crippen LogP contribution < -0.4 is 5.73 Å². The van der Waals surface area contributed by atoms with E-state index in [1.165, 1.54) is 29.5 Å². The predicted octanol–water partition coefficient (Wildman–Crippen LogP) is 2.69. The van der Waals surface area contributed by atoms with Crippen molar-refractivity contribution < 1.29 is 0 Å². The first-order chi connectivity index (χ1) is 7.71. The van der Waals surface area contributed by atoms with Crippen molar-refractivity contribution in [2.24, 2.45) is 5.73 Å². The molecule has 1 saturated heterocycles. The molecule has 3 heteroatoms. The minimum absolute atomic E-state index is 0.0320. The summed E-state index contributed by atoms with van der Waals surface area (Å²) in [4.78, 5) is 2.52. The third-order valence-corrected chi connectivity index (χ3v) is 4.55. The van der Waals surface area contributed by atoms with Crippen molar-refractivity contribution in [3.05, 3.63) is 34.3 Å². The summed E-state index contributed by atoms with van der Waals surface area (Å²) in [5, 5.41) is 0. The molecule has 3 rings (SSSR count). The Morgan fingerprint density at radius 2 is 1.94 bits per heavy atom. The number of benzene rings is 1. The van der Waals surface area contributed by atoms with Gasteiger partial charge in [0.05, 0.1) is 6.04 Å². The van der Waals surface area contributed by atoms with E-state index >= 15 is 0 Å². The second-order valence-electron chi connectivity index (χ2n) is 5.05. The average Bonchev–Trinajstić information content (AvgIpc) is 2.92. The lowest BCUT2D eigenvalue weighted by Gasteiger charge is -2.42. The van der Waals surface area contributed by atoms with Gasteiger partial charge in [-0.25, -0.2) is 0 Å². The summed E-state index contributed by atoms with van der Waals surface area (Å²) in [6.45, 7) is 2.40. The van der Waals surface area contributed by atoms with Gasteiger partial charge < -0.3 is 5.73 Å². The number of nitrogens with zero attached hydrogens (tertiary/aromatic N) is 1. The number of likely N-dealkylation sites (tertiary alicyclic amines) is 1. The van der Waals surface area contributed by atoms with Gasteiger partial charge in [0.25, 0.3) is 0 Å². The number of nitrogens with two attached hydrogens (primary N) is 1. The first-order valence-corrected chi connectivity index (χ1v) is 6.77. The van der Waals surface area contributed by atoms with Crippen LogP contribution in [0.3, 0.4) is 0 Å². The van der Waals surface area contributed by atoms with Gasteiger partial charge in [-0.1, -0.05) is 34.1 Å². The molecule has 2 aliphatic rings. The Hall–Kier alpha value is -0.380. The van der Waals surface area contributed by atoms with E-state index in [1.807, 2.05) is 0 Å². The summed E-state index contributed by atoms with van der Waals surface area (Å²) < 4.78 is 1.20. The molecule has 0 spiro atoms. The highest BCUT2D eigenvalue weighted by Gasteiger charge is 2.50. The number of rotatable bonds is 3. The molecule has 0 amide bonds. The number of hydrogen-bond acceptors (Lipinski definition) is 2. The number of halogens is 1. The second-order valence-corrected chi connectivity index (χ2v) is 5.90. The van der Waals surface area contributed by atoms with Crippen LogP contribution in [0.25, 0.3) is 0 Å². The van der Waals surface area contributed by atoms with Crippen molar-refractivity contribution in [1.82, 2.24) is 4.90 Å². The number of hydrogen-bond donors (Lipinski definition) is 1. The summed E-state index contributed by atoms with van der Waals surface area (Å²) in [6.07, 6.45) is 3.64. The fraction of sp³-hybridized carbons (Fsp3) is 0.538. The van der Waals surface area contributed by atoms with E-state index in [0.717, 1.165) is 12.8 Å². The molecular weight excluding hydrogens is 264 g/mol. The van der Waals surface area contributed by atoms with Crippen LogP contribution in [0.5, 0.6) is 0 Å². The Morgan fingerprint density at radius 1 is 1.25 bits per heavy atom. The van der Waals surface area contributed by atoms with Gasteiger partial charge in [0.2, 0.25) is 0 Å². The summed E-state index contributed by atoms with van der Waals surface area (Å²) in [5.74, 6) is 0. The molecule has 2 nitrogen and oxygen atoms in total. The second kappa shape index (κ2) is 3.83. The monoisotopic (exact) mass is 280 g/mol. The maximum absolute atomic E-state index is 6.44. The third kappa shape index (κ3) is 1.71. The largest absolute Gasteiger partial charge is 0.323 e. The standard InChI is InChI=1S/C13H17BrN2/c14-11-5-2-1-4-10(11)12(13(15)6-7-13)16-8-3-9-16/h1-2,4-5,12H,3,6-9,15H2. The first-order valence-electron chi connectivity index (χ1n) is 5.98. The predicted molar refractivity (Wildman–Crippen MR) is 69.2 cm³/mol. The molecule has 1 heterocycles. The molecule has 0 aromatic heterocycles. The summed E-state index contributed by atoms with van der Waals surface area (Å²) >= 11 is 3.66. The van der Waals surface area contributed by atoms with E-state index in [1.54, 1.807) is 0 Å². The molecule has 2 fully saturated rings. The molecule has 0 radical (unpaired) electrons. The van der Waals surface area contributed by atoms with Gasteiger partial charge >= 0.3 is 0 Å². The highest BCUT2D eigenvalue weighted by Crippen LogP contribution is 2.49. The van der Waals surface area contributed by atoms with Gasteiger partial charge in [0.15, 0.2) is 0 Å². The lowest BCUT2D eigenvalue weighted by atomic mass is 9.93. The van der Waals surface area contributed by atoms with Crippen molar-refractivity contribution in [3.8, 4) is 0 Å². The van der Waals surface area contributed by atoms with Gasteiger partial charge in [0.1, 0.15) is 0 Å². The zero-order valence-electron chi connectivity index (χ0n) is 9.32. The molecule has 16 heavy (non-hydrogen) atoms. The van der Waals surface area contributed by atoms with Gasteiger partial charge in [-0.05, 0) is 30.9 Å². The van der Waals surface area contributed by atoms with E-state index in [-0.39, 0.29) is 5.54 Å². The highest BCUT2D eigenvalue weighted by molar-refractivity contribution is 9.10. The van der Waals surface area contributed by atoms with Gasteiger partial charge in [0, 0.05) is 23.1 Å².